The predicted octanol–water partition coefficient (Wildman–Crippen LogP) is 3.49. The first-order valence-electron chi connectivity index (χ1n) is 11.0. The first-order chi connectivity index (χ1) is 15.4. The van der Waals surface area contributed by atoms with E-state index in [4.69, 9.17) is 4.52 Å². The lowest BCUT2D eigenvalue weighted by atomic mass is 9.83. The number of Topliss-reactive ketones (excluding diaryl/α,β-unsaturated/α-hetero) is 1. The molecule has 1 aromatic heterocycles. The monoisotopic (exact) mass is 458 g/mol. The third-order valence-electron chi connectivity index (χ3n) is 5.60. The van der Waals surface area contributed by atoms with Crippen LogP contribution < -0.4 is 10.6 Å². The highest BCUT2D eigenvalue weighted by Crippen LogP contribution is 2.26. The van der Waals surface area contributed by atoms with E-state index in [9.17, 15) is 14.4 Å². The van der Waals surface area contributed by atoms with Gasteiger partial charge in [-0.05, 0) is 43.6 Å². The van der Waals surface area contributed by atoms with Crippen LogP contribution in [0.1, 0.15) is 66.9 Å². The lowest BCUT2D eigenvalue weighted by Gasteiger charge is -2.32. The highest BCUT2D eigenvalue weighted by atomic mass is 32.2. The minimum atomic E-state index is -0.748. The molecule has 2 N–H and O–H groups in total. The molecule has 3 atom stereocenters. The number of hydrogen-bond donors (Lipinski definition) is 2. The number of amides is 2. The molecule has 1 fully saturated rings. The molecule has 1 aliphatic rings. The number of ketones is 1. The summed E-state index contributed by atoms with van der Waals surface area (Å²) in [7, 11) is 0. The second-order valence-electron chi connectivity index (χ2n) is 8.48. The topological polar surface area (TPSA) is 114 Å². The largest absolute Gasteiger partial charge is 0.349 e. The van der Waals surface area contributed by atoms with Crippen molar-refractivity contribution in [1.82, 2.24) is 20.8 Å². The molecule has 8 nitrogen and oxygen atoms in total. The zero-order chi connectivity index (χ0) is 23.1. The van der Waals surface area contributed by atoms with Gasteiger partial charge >= 0.3 is 0 Å². The van der Waals surface area contributed by atoms with Crippen molar-refractivity contribution in [3.63, 3.8) is 0 Å². The van der Waals surface area contributed by atoms with Crippen molar-refractivity contribution in [1.29, 1.82) is 0 Å². The number of rotatable bonds is 9. The molecule has 0 radical (unpaired) electrons. The summed E-state index contributed by atoms with van der Waals surface area (Å²) in [6.07, 6.45) is 5.47. The molecule has 1 aliphatic carbocycles. The Morgan fingerprint density at radius 1 is 1.16 bits per heavy atom. The first-order valence-corrected chi connectivity index (χ1v) is 12.2. The summed E-state index contributed by atoms with van der Waals surface area (Å²) in [5, 5.41) is 10.0. The van der Waals surface area contributed by atoms with Crippen LogP contribution in [0.4, 0.5) is 0 Å². The maximum atomic E-state index is 13.2. The van der Waals surface area contributed by atoms with Gasteiger partial charge in [-0.25, -0.2) is 0 Å². The Bertz CT molecular complexity index is 931. The van der Waals surface area contributed by atoms with E-state index >= 15 is 0 Å². The molecule has 32 heavy (non-hydrogen) atoms. The molecule has 0 unspecified atom stereocenters. The maximum Gasteiger partial charge on any atom is 0.285 e. The van der Waals surface area contributed by atoms with Gasteiger partial charge < -0.3 is 15.2 Å². The summed E-state index contributed by atoms with van der Waals surface area (Å²) in [5.74, 6) is -1.03. The van der Waals surface area contributed by atoms with Gasteiger partial charge in [0.05, 0.1) is 12.0 Å². The first kappa shape index (κ1) is 24.0. The molecule has 0 saturated heterocycles. The van der Waals surface area contributed by atoms with Gasteiger partial charge in [-0.1, -0.05) is 61.8 Å². The lowest BCUT2D eigenvalue weighted by Crippen LogP contribution is -2.52. The van der Waals surface area contributed by atoms with Crippen LogP contribution in [0.25, 0.3) is 0 Å². The molecular weight excluding hydrogens is 428 g/mol. The molecule has 1 aromatic carbocycles. The Morgan fingerprint density at radius 3 is 2.53 bits per heavy atom. The Balaban J connectivity index is 1.71. The molecule has 0 spiro atoms. The van der Waals surface area contributed by atoms with Gasteiger partial charge in [0, 0.05) is 11.6 Å². The van der Waals surface area contributed by atoms with Crippen molar-refractivity contribution < 1.29 is 18.9 Å². The highest BCUT2D eigenvalue weighted by Gasteiger charge is 2.35. The summed E-state index contributed by atoms with van der Waals surface area (Å²) in [4.78, 5) is 43.0. The van der Waals surface area contributed by atoms with E-state index in [1.165, 1.54) is 11.8 Å². The molecule has 2 aromatic rings. The van der Waals surface area contributed by atoms with Crippen LogP contribution in [0.15, 0.2) is 40.1 Å². The predicted molar refractivity (Wildman–Crippen MR) is 121 cm³/mol. The third-order valence-corrected chi connectivity index (χ3v) is 6.11. The van der Waals surface area contributed by atoms with E-state index < -0.39 is 12.0 Å². The molecule has 0 aliphatic heterocycles. The lowest BCUT2D eigenvalue weighted by molar-refractivity contribution is -0.127. The van der Waals surface area contributed by atoms with Crippen LogP contribution in [-0.2, 0) is 4.79 Å². The number of benzene rings is 1. The van der Waals surface area contributed by atoms with E-state index in [1.807, 2.05) is 32.0 Å². The van der Waals surface area contributed by atoms with Crippen LogP contribution in [0.2, 0.25) is 0 Å². The number of nitrogens with zero attached hydrogens (tertiary/aromatic N) is 2. The van der Waals surface area contributed by atoms with Crippen molar-refractivity contribution in [2.24, 2.45) is 11.8 Å². The minimum absolute atomic E-state index is 0.0297. The van der Waals surface area contributed by atoms with E-state index in [0.29, 0.717) is 23.6 Å². The van der Waals surface area contributed by atoms with E-state index in [0.717, 1.165) is 19.3 Å². The number of hydrogen-bond acceptors (Lipinski definition) is 7. The van der Waals surface area contributed by atoms with Crippen LogP contribution in [0.5, 0.6) is 0 Å². The standard InChI is InChI=1S/C23H30N4O4S/c1-14(2)13-18(19(28)20-26-23(32-3)31-27-20)25-22(30)16-11-7-8-12-17(16)24-21(29)15-9-5-4-6-10-15/h4-6,9-10,14,16-18H,7-8,11-13H2,1-3H3,(H,24,29)(H,25,30)/t16-,17+,18+/m1/s1. The van der Waals surface area contributed by atoms with Crippen molar-refractivity contribution in [2.45, 2.75) is 63.3 Å². The summed E-state index contributed by atoms with van der Waals surface area (Å²) in [6, 6.07) is 7.94. The summed E-state index contributed by atoms with van der Waals surface area (Å²) in [5.41, 5.74) is 0.562. The van der Waals surface area contributed by atoms with E-state index in [-0.39, 0.29) is 35.4 Å². The van der Waals surface area contributed by atoms with Crippen molar-refractivity contribution in [3.05, 3.63) is 41.7 Å². The molecule has 2 amide bonds. The van der Waals surface area contributed by atoms with Gasteiger partial charge in [0.1, 0.15) is 0 Å². The number of carbonyl (C=O) groups excluding carboxylic acids is 3. The second-order valence-corrected chi connectivity index (χ2v) is 9.24. The van der Waals surface area contributed by atoms with Gasteiger partial charge in [-0.2, -0.15) is 4.98 Å². The number of aromatic nitrogens is 2. The normalized spacial score (nSPS) is 19.4. The van der Waals surface area contributed by atoms with E-state index in [2.05, 4.69) is 20.8 Å². The van der Waals surface area contributed by atoms with Crippen LogP contribution in [-0.4, -0.2) is 46.1 Å². The van der Waals surface area contributed by atoms with Gasteiger partial charge in [0.2, 0.25) is 17.5 Å². The fourth-order valence-electron chi connectivity index (χ4n) is 3.99. The van der Waals surface area contributed by atoms with Crippen LogP contribution in [0, 0.1) is 11.8 Å². The molecule has 3 rings (SSSR count). The Labute approximate surface area is 192 Å². The quantitative estimate of drug-likeness (QED) is 0.437. The summed E-state index contributed by atoms with van der Waals surface area (Å²) < 4.78 is 5.04. The summed E-state index contributed by atoms with van der Waals surface area (Å²) >= 11 is 1.25. The average Bonchev–Trinajstić information content (AvgIpc) is 3.28. The van der Waals surface area contributed by atoms with Crippen LogP contribution >= 0.6 is 11.8 Å². The highest BCUT2D eigenvalue weighted by molar-refractivity contribution is 7.98. The van der Waals surface area contributed by atoms with Crippen LogP contribution in [0.3, 0.4) is 0 Å². The average molecular weight is 459 g/mol. The second kappa shape index (κ2) is 11.3. The van der Waals surface area contributed by atoms with Gasteiger partial charge in [-0.3, -0.25) is 14.4 Å². The van der Waals surface area contributed by atoms with Crippen molar-refractivity contribution in [2.75, 3.05) is 6.26 Å². The van der Waals surface area contributed by atoms with Gasteiger partial charge in [-0.15, -0.1) is 0 Å². The Hall–Kier alpha value is -2.68. The molecule has 1 heterocycles. The Kier molecular flexibility index (Phi) is 8.44. The molecule has 0 bridgehead atoms. The van der Waals surface area contributed by atoms with E-state index in [1.54, 1.807) is 18.4 Å². The molecule has 1 saturated carbocycles. The van der Waals surface area contributed by atoms with Gasteiger partial charge in [0.15, 0.2) is 0 Å². The zero-order valence-corrected chi connectivity index (χ0v) is 19.5. The Morgan fingerprint density at radius 2 is 1.88 bits per heavy atom. The van der Waals surface area contributed by atoms with Crippen molar-refractivity contribution >= 4 is 29.4 Å². The summed E-state index contributed by atoms with van der Waals surface area (Å²) in [6.45, 7) is 3.97. The zero-order valence-electron chi connectivity index (χ0n) is 18.7. The SMILES string of the molecule is CSc1nc(C(=O)[C@H](CC(C)C)NC(=O)[C@@H]2CCCC[C@@H]2NC(=O)c2ccccc2)no1. The molecule has 172 valence electrons. The molecular formula is C23H30N4O4S. The smallest absolute Gasteiger partial charge is 0.285 e. The number of thioether (sulfide) groups is 1. The maximum absolute atomic E-state index is 13.2. The molecule has 9 heteroatoms. The fraction of sp³-hybridized carbons (Fsp3) is 0.522. The number of carbonyl (C=O) groups is 3. The third kappa shape index (κ3) is 6.18. The number of nitrogens with one attached hydrogen (secondary N) is 2. The van der Waals surface area contributed by atoms with Gasteiger partial charge in [0.25, 0.3) is 11.1 Å². The van der Waals surface area contributed by atoms with Crippen molar-refractivity contribution in [3.8, 4) is 0 Å². The minimum Gasteiger partial charge on any atom is -0.349 e. The fourth-order valence-corrected chi connectivity index (χ4v) is 4.28.